The molecule has 0 atom stereocenters. The van der Waals surface area contributed by atoms with Crippen LogP contribution in [-0.4, -0.2) is 11.6 Å². The Bertz CT molecular complexity index is 565. The second-order valence-corrected chi connectivity index (χ2v) is 6.35. The summed E-state index contributed by atoms with van der Waals surface area (Å²) in [7, 11) is 0. The van der Waals surface area contributed by atoms with E-state index in [1.54, 1.807) is 11.3 Å². The maximum atomic E-state index is 5.80. The van der Waals surface area contributed by atoms with Gasteiger partial charge in [0.05, 0.1) is 23.2 Å². The van der Waals surface area contributed by atoms with E-state index in [1.165, 1.54) is 11.1 Å². The van der Waals surface area contributed by atoms with E-state index < -0.39 is 0 Å². The van der Waals surface area contributed by atoms with Gasteiger partial charge in [0, 0.05) is 11.8 Å². The largest absolute Gasteiger partial charge is 0.493 e. The molecule has 0 radical (unpaired) electrons. The first-order chi connectivity index (χ1) is 9.60. The molecule has 0 bridgehead atoms. The molecule has 0 aliphatic carbocycles. The van der Waals surface area contributed by atoms with Crippen LogP contribution >= 0.6 is 22.9 Å². The molecular weight excluding hydrogens is 290 g/mol. The summed E-state index contributed by atoms with van der Waals surface area (Å²) in [6.45, 7) is 7.20. The predicted octanol–water partition coefficient (Wildman–Crippen LogP) is 4.94. The van der Waals surface area contributed by atoms with E-state index in [2.05, 4.69) is 37.9 Å². The van der Waals surface area contributed by atoms with Crippen LogP contribution in [0.5, 0.6) is 5.75 Å². The van der Waals surface area contributed by atoms with E-state index >= 15 is 0 Å². The van der Waals surface area contributed by atoms with Crippen molar-refractivity contribution < 1.29 is 4.74 Å². The van der Waals surface area contributed by atoms with E-state index in [9.17, 15) is 0 Å². The fraction of sp³-hybridized carbons (Fsp3) is 0.438. The minimum absolute atomic E-state index is 0.479. The Labute approximate surface area is 129 Å². The molecule has 0 N–H and O–H groups in total. The minimum Gasteiger partial charge on any atom is -0.493 e. The lowest BCUT2D eigenvalue weighted by molar-refractivity contribution is 0.321. The smallest absolute Gasteiger partial charge is 0.119 e. The van der Waals surface area contributed by atoms with E-state index in [0.29, 0.717) is 18.4 Å². The summed E-state index contributed by atoms with van der Waals surface area (Å²) in [5.74, 6) is 1.96. The molecule has 20 heavy (non-hydrogen) atoms. The summed E-state index contributed by atoms with van der Waals surface area (Å²) >= 11 is 7.38. The average molecular weight is 310 g/mol. The van der Waals surface area contributed by atoms with Gasteiger partial charge in [-0.05, 0) is 36.1 Å². The number of halogens is 1. The van der Waals surface area contributed by atoms with Crippen LogP contribution in [0.2, 0.25) is 0 Å². The van der Waals surface area contributed by atoms with Crippen LogP contribution in [0.25, 0.3) is 0 Å². The van der Waals surface area contributed by atoms with E-state index in [-0.39, 0.29) is 0 Å². The average Bonchev–Trinajstić information content (AvgIpc) is 2.86. The van der Waals surface area contributed by atoms with Crippen molar-refractivity contribution in [2.75, 3.05) is 6.61 Å². The van der Waals surface area contributed by atoms with Gasteiger partial charge < -0.3 is 4.74 Å². The molecule has 0 saturated heterocycles. The summed E-state index contributed by atoms with van der Waals surface area (Å²) in [5, 5.41) is 3.08. The van der Waals surface area contributed by atoms with Crippen LogP contribution in [0.3, 0.4) is 0 Å². The first-order valence-corrected chi connectivity index (χ1v) is 8.24. The molecule has 108 valence electrons. The van der Waals surface area contributed by atoms with Crippen LogP contribution in [0.4, 0.5) is 0 Å². The third-order valence-corrected chi connectivity index (χ3v) is 4.42. The first kappa shape index (κ1) is 15.3. The van der Waals surface area contributed by atoms with Crippen molar-refractivity contribution in [2.45, 2.75) is 39.0 Å². The quantitative estimate of drug-likeness (QED) is 0.705. The summed E-state index contributed by atoms with van der Waals surface area (Å²) in [6.07, 6.45) is 0.826. The van der Waals surface area contributed by atoms with Gasteiger partial charge in [-0.25, -0.2) is 4.98 Å². The number of aromatic nitrogens is 1. The van der Waals surface area contributed by atoms with Gasteiger partial charge in [0.2, 0.25) is 0 Å². The highest BCUT2D eigenvalue weighted by atomic mass is 35.5. The zero-order valence-electron chi connectivity index (χ0n) is 12.1. The SMILES string of the molecule is Cc1cc(OCCc2nc(CCl)cs2)ccc1C(C)C. The van der Waals surface area contributed by atoms with Crippen molar-refractivity contribution in [3.8, 4) is 5.75 Å². The topological polar surface area (TPSA) is 22.1 Å². The predicted molar refractivity (Wildman–Crippen MR) is 86.1 cm³/mol. The Morgan fingerprint density at radius 1 is 1.35 bits per heavy atom. The molecule has 0 amide bonds. The Morgan fingerprint density at radius 3 is 2.75 bits per heavy atom. The summed E-state index contributed by atoms with van der Waals surface area (Å²) in [5.41, 5.74) is 3.61. The molecule has 0 unspecified atom stereocenters. The number of rotatable bonds is 6. The first-order valence-electron chi connectivity index (χ1n) is 6.82. The molecule has 0 spiro atoms. The molecule has 0 saturated carbocycles. The third kappa shape index (κ3) is 3.97. The number of hydrogen-bond acceptors (Lipinski definition) is 3. The highest BCUT2D eigenvalue weighted by Gasteiger charge is 2.05. The van der Waals surface area contributed by atoms with E-state index in [1.807, 2.05) is 11.4 Å². The van der Waals surface area contributed by atoms with Gasteiger partial charge in [0.25, 0.3) is 0 Å². The minimum atomic E-state index is 0.479. The van der Waals surface area contributed by atoms with Gasteiger partial charge in [0.15, 0.2) is 0 Å². The van der Waals surface area contributed by atoms with Gasteiger partial charge in [-0.1, -0.05) is 19.9 Å². The lowest BCUT2D eigenvalue weighted by Gasteiger charge is -2.12. The fourth-order valence-corrected chi connectivity index (χ4v) is 3.17. The lowest BCUT2D eigenvalue weighted by atomic mass is 9.98. The van der Waals surface area contributed by atoms with Gasteiger partial charge in [0.1, 0.15) is 5.75 Å². The van der Waals surface area contributed by atoms with Crippen LogP contribution in [0.15, 0.2) is 23.6 Å². The highest BCUT2D eigenvalue weighted by molar-refractivity contribution is 7.09. The Morgan fingerprint density at radius 2 is 2.15 bits per heavy atom. The monoisotopic (exact) mass is 309 g/mol. The lowest BCUT2D eigenvalue weighted by Crippen LogP contribution is -2.02. The Balaban J connectivity index is 1.89. The van der Waals surface area contributed by atoms with Crippen molar-refractivity contribution >= 4 is 22.9 Å². The van der Waals surface area contributed by atoms with Crippen molar-refractivity contribution in [3.05, 3.63) is 45.4 Å². The molecule has 4 heteroatoms. The van der Waals surface area contributed by atoms with E-state index in [0.717, 1.165) is 22.9 Å². The van der Waals surface area contributed by atoms with Gasteiger partial charge in [-0.3, -0.25) is 0 Å². The summed E-state index contributed by atoms with van der Waals surface area (Å²) in [4.78, 5) is 4.42. The summed E-state index contributed by atoms with van der Waals surface area (Å²) < 4.78 is 5.80. The Kier molecular flexibility index (Phi) is 5.44. The molecule has 2 nitrogen and oxygen atoms in total. The third-order valence-electron chi connectivity index (χ3n) is 3.18. The zero-order chi connectivity index (χ0) is 14.5. The number of nitrogens with zero attached hydrogens (tertiary/aromatic N) is 1. The van der Waals surface area contributed by atoms with Crippen molar-refractivity contribution in [1.29, 1.82) is 0 Å². The number of benzene rings is 1. The second-order valence-electron chi connectivity index (χ2n) is 5.14. The molecule has 1 aromatic carbocycles. The number of aryl methyl sites for hydroxylation is 1. The number of ether oxygens (including phenoxy) is 1. The normalized spacial score (nSPS) is 11.1. The van der Waals surface area contributed by atoms with Gasteiger partial charge in [-0.2, -0.15) is 0 Å². The maximum absolute atomic E-state index is 5.80. The summed E-state index contributed by atoms with van der Waals surface area (Å²) in [6, 6.07) is 6.32. The van der Waals surface area contributed by atoms with Crippen molar-refractivity contribution in [3.63, 3.8) is 0 Å². The molecule has 2 aromatic rings. The molecule has 1 heterocycles. The molecule has 0 aliphatic heterocycles. The van der Waals surface area contributed by atoms with Crippen molar-refractivity contribution in [2.24, 2.45) is 0 Å². The molecule has 0 aliphatic rings. The standard InChI is InChI=1S/C16H20ClNOS/c1-11(2)15-5-4-14(8-12(15)3)19-7-6-16-18-13(9-17)10-20-16/h4-5,8,10-11H,6-7,9H2,1-3H3. The second kappa shape index (κ2) is 7.09. The van der Waals surface area contributed by atoms with Crippen molar-refractivity contribution in [1.82, 2.24) is 4.98 Å². The maximum Gasteiger partial charge on any atom is 0.119 e. The highest BCUT2D eigenvalue weighted by Crippen LogP contribution is 2.23. The van der Waals surface area contributed by atoms with E-state index in [4.69, 9.17) is 16.3 Å². The van der Waals surface area contributed by atoms with Crippen LogP contribution in [0.1, 0.15) is 41.6 Å². The van der Waals surface area contributed by atoms with Crippen LogP contribution in [0, 0.1) is 6.92 Å². The molecule has 2 rings (SSSR count). The molecule has 1 aromatic heterocycles. The van der Waals surface area contributed by atoms with Crippen LogP contribution < -0.4 is 4.74 Å². The van der Waals surface area contributed by atoms with Crippen LogP contribution in [-0.2, 0) is 12.3 Å². The van der Waals surface area contributed by atoms with Gasteiger partial charge in [-0.15, -0.1) is 22.9 Å². The molecular formula is C16H20ClNOS. The zero-order valence-corrected chi connectivity index (χ0v) is 13.7. The fourth-order valence-electron chi connectivity index (χ4n) is 2.17. The Hall–Kier alpha value is -1.06. The molecule has 0 fully saturated rings. The number of alkyl halides is 1. The van der Waals surface area contributed by atoms with Gasteiger partial charge >= 0.3 is 0 Å². The number of thiazole rings is 1. The number of hydrogen-bond donors (Lipinski definition) is 0.